The van der Waals surface area contributed by atoms with Gasteiger partial charge in [-0.1, -0.05) is 44.2 Å². The lowest BCUT2D eigenvalue weighted by molar-refractivity contribution is -0.161. The highest BCUT2D eigenvalue weighted by Crippen LogP contribution is 2.05. The monoisotopic (exact) mass is 321 g/mol. The van der Waals surface area contributed by atoms with E-state index in [4.69, 9.17) is 9.47 Å². The third-order valence-corrected chi connectivity index (χ3v) is 3.42. The number of hydrogen-bond donors (Lipinski definition) is 0. The van der Waals surface area contributed by atoms with Crippen LogP contribution in [0.2, 0.25) is 0 Å². The van der Waals surface area contributed by atoms with Gasteiger partial charge in [-0.05, 0) is 24.8 Å². The molecule has 0 spiro atoms. The summed E-state index contributed by atoms with van der Waals surface area (Å²) in [4.78, 5) is 25.3. The zero-order valence-corrected chi connectivity index (χ0v) is 14.5. The molecule has 0 heterocycles. The Balaban J connectivity index is 2.29. The van der Waals surface area contributed by atoms with Gasteiger partial charge < -0.3 is 14.4 Å². The molecular weight excluding hydrogens is 294 g/mol. The Morgan fingerprint density at radius 2 is 1.78 bits per heavy atom. The van der Waals surface area contributed by atoms with Gasteiger partial charge in [0.15, 0.2) is 12.7 Å². The Hall–Kier alpha value is -1.88. The second kappa shape index (κ2) is 10.0. The number of hydrogen-bond acceptors (Lipinski definition) is 4. The molecular formula is C18H27NO4. The normalized spacial score (nSPS) is 12.0. The Morgan fingerprint density at radius 3 is 2.39 bits per heavy atom. The molecule has 1 amide bonds. The number of nitrogens with zero attached hydrogens (tertiary/aromatic N) is 1. The van der Waals surface area contributed by atoms with E-state index in [2.05, 4.69) is 13.8 Å². The maximum atomic E-state index is 12.0. The van der Waals surface area contributed by atoms with Crippen LogP contribution in [0.25, 0.3) is 0 Å². The topological polar surface area (TPSA) is 55.8 Å². The average Bonchev–Trinajstić information content (AvgIpc) is 2.52. The number of carbonyl (C=O) groups excluding carboxylic acids is 2. The molecule has 23 heavy (non-hydrogen) atoms. The van der Waals surface area contributed by atoms with E-state index in [0.29, 0.717) is 19.1 Å². The highest BCUT2D eigenvalue weighted by Gasteiger charge is 2.18. The average molecular weight is 321 g/mol. The molecule has 0 bridgehead atoms. The smallest absolute Gasteiger partial charge is 0.335 e. The van der Waals surface area contributed by atoms with Crippen LogP contribution in [-0.2, 0) is 25.6 Å². The number of esters is 1. The lowest BCUT2D eigenvalue weighted by Crippen LogP contribution is -2.33. The molecule has 0 N–H and O–H groups in total. The number of amides is 1. The van der Waals surface area contributed by atoms with Crippen molar-refractivity contribution < 1.29 is 19.1 Å². The van der Waals surface area contributed by atoms with Crippen LogP contribution in [0.5, 0.6) is 0 Å². The summed E-state index contributed by atoms with van der Waals surface area (Å²) in [5, 5.41) is 0. The molecule has 1 atom stereocenters. The second-order valence-electron chi connectivity index (χ2n) is 6.04. The van der Waals surface area contributed by atoms with Gasteiger partial charge in [0, 0.05) is 20.2 Å². The first-order valence-electron chi connectivity index (χ1n) is 7.96. The zero-order chi connectivity index (χ0) is 17.2. The third kappa shape index (κ3) is 7.79. The van der Waals surface area contributed by atoms with Crippen LogP contribution < -0.4 is 0 Å². The van der Waals surface area contributed by atoms with Gasteiger partial charge in [-0.15, -0.1) is 0 Å². The third-order valence-electron chi connectivity index (χ3n) is 3.42. The summed E-state index contributed by atoms with van der Waals surface area (Å²) in [6.45, 7) is 6.55. The molecule has 1 rings (SSSR count). The fourth-order valence-electron chi connectivity index (χ4n) is 1.85. The molecule has 0 aliphatic heterocycles. The molecule has 1 aromatic carbocycles. The number of benzene rings is 1. The van der Waals surface area contributed by atoms with Crippen molar-refractivity contribution in [2.24, 2.45) is 5.92 Å². The Bertz CT molecular complexity index is 487. The van der Waals surface area contributed by atoms with Crippen molar-refractivity contribution >= 4 is 11.9 Å². The molecule has 0 aromatic heterocycles. The minimum atomic E-state index is -0.652. The maximum absolute atomic E-state index is 12.0. The highest BCUT2D eigenvalue weighted by atomic mass is 16.6. The predicted molar refractivity (Wildman–Crippen MR) is 88.7 cm³/mol. The zero-order valence-electron chi connectivity index (χ0n) is 14.5. The van der Waals surface area contributed by atoms with E-state index < -0.39 is 12.1 Å². The predicted octanol–water partition coefficient (Wildman–Crippen LogP) is 2.64. The molecule has 0 fully saturated rings. The van der Waals surface area contributed by atoms with Crippen LogP contribution in [0.4, 0.5) is 0 Å². The van der Waals surface area contributed by atoms with Crippen molar-refractivity contribution in [3.63, 3.8) is 0 Å². The minimum Gasteiger partial charge on any atom is -0.454 e. The van der Waals surface area contributed by atoms with Crippen LogP contribution in [0.15, 0.2) is 30.3 Å². The molecule has 0 aliphatic carbocycles. The Kier molecular flexibility index (Phi) is 8.33. The molecule has 1 unspecified atom stereocenters. The van der Waals surface area contributed by atoms with Gasteiger partial charge in [0.05, 0.1) is 0 Å². The second-order valence-corrected chi connectivity index (χ2v) is 6.04. The number of likely N-dealkylation sites (N-methyl/N-ethyl adjacent to an activating group) is 1. The quantitative estimate of drug-likeness (QED) is 0.656. The first kappa shape index (κ1) is 19.2. The van der Waals surface area contributed by atoms with E-state index >= 15 is 0 Å². The summed E-state index contributed by atoms with van der Waals surface area (Å²) in [6, 6.07) is 9.66. The van der Waals surface area contributed by atoms with Crippen molar-refractivity contribution in [2.45, 2.75) is 39.8 Å². The summed E-state index contributed by atoms with van der Waals surface area (Å²) >= 11 is 0. The summed E-state index contributed by atoms with van der Waals surface area (Å²) < 4.78 is 10.4. The van der Waals surface area contributed by atoms with Gasteiger partial charge in [-0.25, -0.2) is 4.79 Å². The maximum Gasteiger partial charge on any atom is 0.335 e. The SMILES string of the molecule is CC(C)CCOC(C)C(=O)OCC(=O)N(C)Cc1ccccc1. The Morgan fingerprint density at radius 1 is 1.13 bits per heavy atom. The van der Waals surface area contributed by atoms with Gasteiger partial charge in [0.25, 0.3) is 5.91 Å². The van der Waals surface area contributed by atoms with Crippen LogP contribution in [0.1, 0.15) is 32.8 Å². The number of rotatable bonds is 9. The number of carbonyl (C=O) groups is 2. The lowest BCUT2D eigenvalue weighted by atomic mass is 10.1. The first-order chi connectivity index (χ1) is 10.9. The van der Waals surface area contributed by atoms with Crippen molar-refractivity contribution in [2.75, 3.05) is 20.3 Å². The van der Waals surface area contributed by atoms with Gasteiger partial charge in [0.2, 0.25) is 0 Å². The largest absolute Gasteiger partial charge is 0.454 e. The van der Waals surface area contributed by atoms with Crippen LogP contribution in [0.3, 0.4) is 0 Å². The lowest BCUT2D eigenvalue weighted by Gasteiger charge is -2.18. The fourth-order valence-corrected chi connectivity index (χ4v) is 1.85. The van der Waals surface area contributed by atoms with Gasteiger partial charge in [-0.2, -0.15) is 0 Å². The standard InChI is InChI=1S/C18H27NO4/c1-14(2)10-11-22-15(3)18(21)23-13-17(20)19(4)12-16-8-6-5-7-9-16/h5-9,14-15H,10-13H2,1-4H3. The van der Waals surface area contributed by atoms with Crippen molar-refractivity contribution in [1.29, 1.82) is 0 Å². The molecule has 128 valence electrons. The summed E-state index contributed by atoms with van der Waals surface area (Å²) in [5.41, 5.74) is 1.03. The van der Waals surface area contributed by atoms with E-state index in [-0.39, 0.29) is 12.5 Å². The number of ether oxygens (including phenoxy) is 2. The minimum absolute atomic E-state index is 0.239. The Labute approximate surface area is 138 Å². The van der Waals surface area contributed by atoms with E-state index in [1.165, 1.54) is 4.90 Å². The first-order valence-corrected chi connectivity index (χ1v) is 7.96. The van der Waals surface area contributed by atoms with Crippen molar-refractivity contribution in [1.82, 2.24) is 4.90 Å². The fraction of sp³-hybridized carbons (Fsp3) is 0.556. The molecule has 0 saturated carbocycles. The van der Waals surface area contributed by atoms with Crippen LogP contribution in [0, 0.1) is 5.92 Å². The van der Waals surface area contributed by atoms with E-state index in [1.54, 1.807) is 14.0 Å². The van der Waals surface area contributed by atoms with Gasteiger partial charge in [-0.3, -0.25) is 4.79 Å². The van der Waals surface area contributed by atoms with Crippen LogP contribution in [-0.4, -0.2) is 43.1 Å². The molecule has 0 radical (unpaired) electrons. The van der Waals surface area contributed by atoms with Crippen molar-refractivity contribution in [3.05, 3.63) is 35.9 Å². The molecule has 0 saturated heterocycles. The molecule has 0 aliphatic rings. The van der Waals surface area contributed by atoms with Gasteiger partial charge >= 0.3 is 5.97 Å². The van der Waals surface area contributed by atoms with E-state index in [9.17, 15) is 9.59 Å². The van der Waals surface area contributed by atoms with E-state index in [1.807, 2.05) is 30.3 Å². The van der Waals surface area contributed by atoms with Gasteiger partial charge in [0.1, 0.15) is 0 Å². The highest BCUT2D eigenvalue weighted by molar-refractivity contribution is 5.81. The van der Waals surface area contributed by atoms with Crippen LogP contribution >= 0.6 is 0 Å². The summed E-state index contributed by atoms with van der Waals surface area (Å²) in [6.07, 6.45) is 0.233. The molecule has 5 nitrogen and oxygen atoms in total. The van der Waals surface area contributed by atoms with E-state index in [0.717, 1.165) is 12.0 Å². The summed E-state index contributed by atoms with van der Waals surface area (Å²) in [5.74, 6) is -0.224. The summed E-state index contributed by atoms with van der Waals surface area (Å²) in [7, 11) is 1.69. The van der Waals surface area contributed by atoms with Crippen molar-refractivity contribution in [3.8, 4) is 0 Å². The molecule has 5 heteroatoms. The molecule has 1 aromatic rings.